The first-order valence-corrected chi connectivity index (χ1v) is 13.6. The minimum Gasteiger partial charge on any atom is -0.488 e. The van der Waals surface area contributed by atoms with Crippen LogP contribution in [0.4, 0.5) is 10.8 Å². The lowest BCUT2D eigenvalue weighted by Gasteiger charge is -2.10. The number of hydrazone groups is 1. The summed E-state index contributed by atoms with van der Waals surface area (Å²) in [6, 6.07) is 29.8. The van der Waals surface area contributed by atoms with Gasteiger partial charge < -0.3 is 10.1 Å². The van der Waals surface area contributed by atoms with E-state index in [-0.39, 0.29) is 12.5 Å². The van der Waals surface area contributed by atoms with Gasteiger partial charge in [0.05, 0.1) is 11.9 Å². The summed E-state index contributed by atoms with van der Waals surface area (Å²) < 4.78 is 5.94. The molecule has 0 saturated carbocycles. The smallest absolute Gasteiger partial charge is 0.271 e. The normalized spacial score (nSPS) is 10.9. The maximum absolute atomic E-state index is 12.6. The van der Waals surface area contributed by atoms with Gasteiger partial charge in [-0.15, -0.1) is 11.3 Å². The van der Waals surface area contributed by atoms with E-state index in [1.807, 2.05) is 78.2 Å². The van der Waals surface area contributed by atoms with E-state index < -0.39 is 0 Å². The number of nitrogens with zero attached hydrogens (tertiary/aromatic N) is 2. The van der Waals surface area contributed by atoms with Crippen LogP contribution in [0.25, 0.3) is 11.3 Å². The number of carbonyl (C=O) groups is 1. The molecule has 0 aliphatic rings. The van der Waals surface area contributed by atoms with E-state index in [4.69, 9.17) is 27.9 Å². The molecule has 5 aromatic rings. The molecule has 0 saturated heterocycles. The fourth-order valence-electron chi connectivity index (χ4n) is 3.64. The zero-order valence-corrected chi connectivity index (χ0v) is 22.8. The molecule has 1 heterocycles. The monoisotopic (exact) mass is 572 g/mol. The highest BCUT2D eigenvalue weighted by Gasteiger charge is 2.09. The molecule has 6 nitrogen and oxygen atoms in total. The summed E-state index contributed by atoms with van der Waals surface area (Å²) in [5, 5.41) is 11.3. The van der Waals surface area contributed by atoms with Crippen LogP contribution in [0.1, 0.15) is 21.5 Å². The second-order valence-electron chi connectivity index (χ2n) is 8.37. The molecule has 0 bridgehead atoms. The molecule has 9 heteroatoms. The van der Waals surface area contributed by atoms with Gasteiger partial charge in [-0.2, -0.15) is 5.10 Å². The number of nitrogens with one attached hydrogen (secondary N) is 2. The number of halogens is 2. The lowest BCUT2D eigenvalue weighted by atomic mass is 10.1. The van der Waals surface area contributed by atoms with E-state index in [0.717, 1.165) is 27.6 Å². The molecule has 0 fully saturated rings. The standard InChI is InChI=1S/C30H22Cl2N4O2S/c31-24-15-14-23(26(32)16-24)18-38-28-9-5-4-6-22(28)17-33-36-29(37)21-12-10-20(11-13-21)27-19-39-30(35-27)34-25-7-2-1-3-8-25/h1-17,19H,18H2,(H,34,35)(H,36,37)/b33-17-. The van der Waals surface area contributed by atoms with E-state index in [1.165, 1.54) is 11.3 Å². The molecule has 0 aliphatic heterocycles. The number of ether oxygens (including phenoxy) is 1. The largest absolute Gasteiger partial charge is 0.488 e. The van der Waals surface area contributed by atoms with E-state index in [0.29, 0.717) is 26.9 Å². The Kier molecular flexibility index (Phi) is 8.53. The number of amides is 1. The van der Waals surface area contributed by atoms with Gasteiger partial charge in [0.1, 0.15) is 12.4 Å². The highest BCUT2D eigenvalue weighted by Crippen LogP contribution is 2.27. The Labute approximate surface area is 239 Å². The van der Waals surface area contributed by atoms with Gasteiger partial charge in [-0.25, -0.2) is 10.4 Å². The third kappa shape index (κ3) is 7.03. The molecule has 0 aliphatic carbocycles. The predicted octanol–water partition coefficient (Wildman–Crippen LogP) is 8.20. The van der Waals surface area contributed by atoms with Crippen molar-refractivity contribution in [2.24, 2.45) is 5.10 Å². The maximum atomic E-state index is 12.6. The molecule has 2 N–H and O–H groups in total. The van der Waals surface area contributed by atoms with E-state index >= 15 is 0 Å². The fourth-order valence-corrected chi connectivity index (χ4v) is 4.84. The van der Waals surface area contributed by atoms with Crippen LogP contribution in [0, 0.1) is 0 Å². The van der Waals surface area contributed by atoms with Gasteiger partial charge in [0, 0.05) is 43.4 Å². The number of hydrogen-bond donors (Lipinski definition) is 2. The Balaban J connectivity index is 1.18. The second kappa shape index (κ2) is 12.6. The van der Waals surface area contributed by atoms with Gasteiger partial charge in [0.15, 0.2) is 5.13 Å². The van der Waals surface area contributed by atoms with Gasteiger partial charge in [0.25, 0.3) is 5.91 Å². The van der Waals surface area contributed by atoms with Gasteiger partial charge in [0.2, 0.25) is 0 Å². The molecule has 39 heavy (non-hydrogen) atoms. The molecule has 0 atom stereocenters. The van der Waals surface area contributed by atoms with Crippen LogP contribution in [-0.4, -0.2) is 17.1 Å². The Bertz CT molecular complexity index is 1610. The van der Waals surface area contributed by atoms with Gasteiger partial charge >= 0.3 is 0 Å². The van der Waals surface area contributed by atoms with Crippen molar-refractivity contribution in [3.8, 4) is 17.0 Å². The van der Waals surface area contributed by atoms with Crippen molar-refractivity contribution in [1.29, 1.82) is 0 Å². The fraction of sp³-hybridized carbons (Fsp3) is 0.0333. The predicted molar refractivity (Wildman–Crippen MR) is 160 cm³/mol. The number of hydrogen-bond acceptors (Lipinski definition) is 6. The van der Waals surface area contributed by atoms with Crippen molar-refractivity contribution in [2.45, 2.75) is 6.61 Å². The second-order valence-corrected chi connectivity index (χ2v) is 10.1. The average molecular weight is 574 g/mol. The molecule has 0 radical (unpaired) electrons. The Hall–Kier alpha value is -4.17. The summed E-state index contributed by atoms with van der Waals surface area (Å²) in [4.78, 5) is 17.3. The van der Waals surface area contributed by atoms with Crippen molar-refractivity contribution < 1.29 is 9.53 Å². The van der Waals surface area contributed by atoms with Crippen LogP contribution in [0.15, 0.2) is 108 Å². The molecule has 4 aromatic carbocycles. The number of rotatable bonds is 9. The number of aromatic nitrogens is 1. The molecule has 5 rings (SSSR count). The SMILES string of the molecule is O=C(N/N=C\c1ccccc1OCc1ccc(Cl)cc1Cl)c1ccc(-c2csc(Nc3ccccc3)n2)cc1. The van der Waals surface area contributed by atoms with Crippen LogP contribution in [0.5, 0.6) is 5.75 Å². The third-order valence-corrected chi connectivity index (χ3v) is 7.00. The maximum Gasteiger partial charge on any atom is 0.271 e. The zero-order valence-electron chi connectivity index (χ0n) is 20.5. The summed E-state index contributed by atoms with van der Waals surface area (Å²) in [5.41, 5.74) is 7.30. The highest BCUT2D eigenvalue weighted by atomic mass is 35.5. The van der Waals surface area contributed by atoms with Crippen molar-refractivity contribution in [3.05, 3.63) is 129 Å². The molecule has 0 unspecified atom stereocenters. The summed E-state index contributed by atoms with van der Waals surface area (Å²) >= 11 is 13.7. The molecular weight excluding hydrogens is 551 g/mol. The van der Waals surface area contributed by atoms with Crippen molar-refractivity contribution in [3.63, 3.8) is 0 Å². The lowest BCUT2D eigenvalue weighted by Crippen LogP contribution is -2.17. The number of para-hydroxylation sites is 2. The summed E-state index contributed by atoms with van der Waals surface area (Å²) in [6.45, 7) is 0.266. The lowest BCUT2D eigenvalue weighted by molar-refractivity contribution is 0.0955. The van der Waals surface area contributed by atoms with Crippen LogP contribution in [-0.2, 0) is 6.61 Å². The van der Waals surface area contributed by atoms with Gasteiger partial charge in [-0.05, 0) is 48.5 Å². The molecule has 194 valence electrons. The van der Waals surface area contributed by atoms with Gasteiger partial charge in [-0.3, -0.25) is 4.79 Å². The van der Waals surface area contributed by atoms with Crippen LogP contribution in [0.2, 0.25) is 10.0 Å². The molecule has 1 amide bonds. The van der Waals surface area contributed by atoms with Crippen LogP contribution < -0.4 is 15.5 Å². The first kappa shape index (κ1) is 26.4. The molecular formula is C30H22Cl2N4O2S. The zero-order chi connectivity index (χ0) is 27.0. The van der Waals surface area contributed by atoms with E-state index in [1.54, 1.807) is 30.5 Å². The summed E-state index contributed by atoms with van der Waals surface area (Å²) in [7, 11) is 0. The topological polar surface area (TPSA) is 75.6 Å². The minimum absolute atomic E-state index is 0.266. The quantitative estimate of drug-likeness (QED) is 0.138. The highest BCUT2D eigenvalue weighted by molar-refractivity contribution is 7.14. The average Bonchev–Trinajstić information content (AvgIpc) is 3.42. The number of benzene rings is 4. The van der Waals surface area contributed by atoms with Crippen molar-refractivity contribution in [1.82, 2.24) is 10.4 Å². The number of thiazole rings is 1. The van der Waals surface area contributed by atoms with Crippen molar-refractivity contribution in [2.75, 3.05) is 5.32 Å². The molecule has 0 spiro atoms. The van der Waals surface area contributed by atoms with Gasteiger partial charge in [-0.1, -0.05) is 71.7 Å². The Morgan fingerprint density at radius 2 is 1.72 bits per heavy atom. The molecule has 1 aromatic heterocycles. The first-order valence-electron chi connectivity index (χ1n) is 11.9. The van der Waals surface area contributed by atoms with E-state index in [9.17, 15) is 4.79 Å². The summed E-state index contributed by atoms with van der Waals surface area (Å²) in [5.74, 6) is 0.282. The third-order valence-electron chi connectivity index (χ3n) is 5.66. The van der Waals surface area contributed by atoms with E-state index in [2.05, 4.69) is 20.8 Å². The first-order chi connectivity index (χ1) is 19.0. The van der Waals surface area contributed by atoms with Crippen molar-refractivity contribution >= 4 is 57.5 Å². The van der Waals surface area contributed by atoms with Crippen LogP contribution >= 0.6 is 34.5 Å². The summed E-state index contributed by atoms with van der Waals surface area (Å²) in [6.07, 6.45) is 1.54. The Morgan fingerprint density at radius 3 is 2.51 bits per heavy atom. The number of carbonyl (C=O) groups excluding carboxylic acids is 1. The number of anilines is 2. The Morgan fingerprint density at radius 1 is 0.949 bits per heavy atom. The minimum atomic E-state index is -0.325. The van der Waals surface area contributed by atoms with Crippen LogP contribution in [0.3, 0.4) is 0 Å².